The number of halogens is 2. The molecule has 0 amide bonds. The van der Waals surface area contributed by atoms with Crippen LogP contribution in [0, 0.1) is 28.9 Å². The number of hydrogen-bond donors (Lipinski definition) is 1. The van der Waals surface area contributed by atoms with Gasteiger partial charge >= 0.3 is 0 Å². The Morgan fingerprint density at radius 2 is 2.13 bits per heavy atom. The zero-order chi connectivity index (χ0) is 21.5. The number of anilines is 2. The summed E-state index contributed by atoms with van der Waals surface area (Å²) in [6, 6.07) is 4.14. The Balaban J connectivity index is 1.52. The average molecular weight is 442 g/mol. The third kappa shape index (κ3) is 3.90. The number of nitrogens with one attached hydrogen (secondary N) is 1. The van der Waals surface area contributed by atoms with E-state index in [9.17, 15) is 8.78 Å². The Kier molecular flexibility index (Phi) is 5.14. The van der Waals surface area contributed by atoms with Gasteiger partial charge in [0.1, 0.15) is 17.2 Å². The lowest BCUT2D eigenvalue weighted by Crippen LogP contribution is -2.23. The summed E-state index contributed by atoms with van der Waals surface area (Å²) in [5, 5.41) is 16.9. The molecule has 1 saturated heterocycles. The highest BCUT2D eigenvalue weighted by molar-refractivity contribution is 7.05. The van der Waals surface area contributed by atoms with Gasteiger partial charge in [-0.25, -0.2) is 13.8 Å². The minimum absolute atomic E-state index is 0.0784. The van der Waals surface area contributed by atoms with Crippen LogP contribution in [0.5, 0.6) is 0 Å². The molecule has 1 aliphatic heterocycles. The monoisotopic (exact) mass is 441 g/mol. The highest BCUT2D eigenvalue weighted by atomic mass is 32.1. The Morgan fingerprint density at radius 1 is 1.29 bits per heavy atom. The molecule has 2 unspecified atom stereocenters. The van der Waals surface area contributed by atoms with Crippen molar-refractivity contribution in [2.75, 3.05) is 23.3 Å². The molecule has 2 aromatic heterocycles. The van der Waals surface area contributed by atoms with E-state index < -0.39 is 11.6 Å². The van der Waals surface area contributed by atoms with Crippen LogP contribution in [0.1, 0.15) is 55.1 Å². The number of hydrogen-bond acceptors (Lipinski definition) is 8. The number of rotatable bonds is 6. The van der Waals surface area contributed by atoms with E-state index in [1.54, 1.807) is 0 Å². The number of nitriles is 1. The molecule has 160 valence electrons. The lowest BCUT2D eigenvalue weighted by Gasteiger charge is -2.20. The van der Waals surface area contributed by atoms with Crippen molar-refractivity contribution < 1.29 is 8.78 Å². The summed E-state index contributed by atoms with van der Waals surface area (Å²) in [6.45, 7) is 3.31. The molecule has 3 heterocycles. The van der Waals surface area contributed by atoms with Crippen LogP contribution in [0.25, 0.3) is 10.9 Å². The summed E-state index contributed by atoms with van der Waals surface area (Å²) in [5.74, 6) is 0.0581. The Labute approximate surface area is 182 Å². The second-order valence-electron chi connectivity index (χ2n) is 8.28. The molecule has 0 bridgehead atoms. The van der Waals surface area contributed by atoms with Gasteiger partial charge in [-0.3, -0.25) is 0 Å². The molecule has 0 spiro atoms. The fourth-order valence-electron chi connectivity index (χ4n) is 4.12. The summed E-state index contributed by atoms with van der Waals surface area (Å²) in [7, 11) is 0. The Morgan fingerprint density at radius 3 is 2.90 bits per heavy atom. The lowest BCUT2D eigenvalue weighted by molar-refractivity contribution is 0.590. The van der Waals surface area contributed by atoms with Crippen molar-refractivity contribution in [1.82, 2.24) is 19.6 Å². The minimum atomic E-state index is -0.722. The van der Waals surface area contributed by atoms with Gasteiger partial charge in [0.05, 0.1) is 22.7 Å². The smallest absolute Gasteiger partial charge is 0.228 e. The fourth-order valence-corrected chi connectivity index (χ4v) is 4.86. The zero-order valence-corrected chi connectivity index (χ0v) is 17.8. The molecule has 7 nitrogen and oxygen atoms in total. The zero-order valence-electron chi connectivity index (χ0n) is 17.0. The first-order valence-electron chi connectivity index (χ1n) is 10.4. The van der Waals surface area contributed by atoms with Gasteiger partial charge in [0.15, 0.2) is 5.82 Å². The second kappa shape index (κ2) is 7.96. The summed E-state index contributed by atoms with van der Waals surface area (Å²) in [4.78, 5) is 12.0. The Hall–Kier alpha value is -2.93. The van der Waals surface area contributed by atoms with Crippen molar-refractivity contribution in [2.24, 2.45) is 5.92 Å². The van der Waals surface area contributed by atoms with Crippen molar-refractivity contribution in [3.63, 3.8) is 0 Å². The van der Waals surface area contributed by atoms with Crippen LogP contribution in [0.2, 0.25) is 0 Å². The Bertz CT molecular complexity index is 1170. The molecule has 5 rings (SSSR count). The van der Waals surface area contributed by atoms with Crippen molar-refractivity contribution in [1.29, 1.82) is 5.26 Å². The van der Waals surface area contributed by atoms with Crippen LogP contribution in [0.3, 0.4) is 0 Å². The standard InChI is InChI=1S/C21H21F2N7S/c1-11(19-17(13-2-3-13)28-29-31-19)25-20-15-8-14(22)9-16(23)18(15)26-21(27-20)30-7-5-12(10-30)4-6-24/h8-9,11-13H,2-5,7,10H2,1H3,(H,25,26,27). The maximum atomic E-state index is 14.6. The first-order chi connectivity index (χ1) is 15.0. The average Bonchev–Trinajstić information content (AvgIpc) is 3.27. The van der Waals surface area contributed by atoms with Crippen LogP contribution in [-0.2, 0) is 0 Å². The fraction of sp³-hybridized carbons (Fsp3) is 0.476. The molecule has 3 aromatic rings. The van der Waals surface area contributed by atoms with Crippen LogP contribution in [0.15, 0.2) is 12.1 Å². The molecular formula is C21H21F2N7S. The molecule has 1 aliphatic carbocycles. The summed E-state index contributed by atoms with van der Waals surface area (Å²) in [6.07, 6.45) is 3.55. The van der Waals surface area contributed by atoms with Crippen molar-refractivity contribution in [3.05, 3.63) is 34.3 Å². The van der Waals surface area contributed by atoms with Crippen molar-refractivity contribution in [3.8, 4) is 6.07 Å². The van der Waals surface area contributed by atoms with Crippen LogP contribution in [-0.4, -0.2) is 32.6 Å². The molecule has 0 radical (unpaired) electrons. The molecular weight excluding hydrogens is 420 g/mol. The van der Waals surface area contributed by atoms with Gasteiger partial charge in [-0.05, 0) is 49.7 Å². The van der Waals surface area contributed by atoms with Crippen LogP contribution < -0.4 is 10.2 Å². The maximum Gasteiger partial charge on any atom is 0.228 e. The van der Waals surface area contributed by atoms with Gasteiger partial charge in [-0.2, -0.15) is 10.2 Å². The van der Waals surface area contributed by atoms with Gasteiger partial charge in [0.25, 0.3) is 0 Å². The lowest BCUT2D eigenvalue weighted by atomic mass is 10.1. The van der Waals surface area contributed by atoms with E-state index in [0.29, 0.717) is 42.6 Å². The largest absolute Gasteiger partial charge is 0.362 e. The summed E-state index contributed by atoms with van der Waals surface area (Å²) >= 11 is 1.34. The number of fused-ring (bicyclic) bond motifs is 1. The number of nitrogens with zero attached hydrogens (tertiary/aromatic N) is 6. The van der Waals surface area contributed by atoms with Gasteiger partial charge in [-0.15, -0.1) is 5.10 Å². The first kappa shape index (κ1) is 20.0. The van der Waals surface area contributed by atoms with Crippen LogP contribution >= 0.6 is 11.5 Å². The SMILES string of the molecule is CC(Nc1nc(N2CCC(CC#N)C2)nc2c(F)cc(F)cc12)c1snnc1C1CC1. The molecule has 10 heteroatoms. The predicted octanol–water partition coefficient (Wildman–Crippen LogP) is 4.55. The van der Waals surface area contributed by atoms with E-state index in [1.165, 1.54) is 17.6 Å². The first-order valence-corrected chi connectivity index (χ1v) is 11.2. The van der Waals surface area contributed by atoms with Gasteiger partial charge in [-0.1, -0.05) is 4.49 Å². The van der Waals surface area contributed by atoms with E-state index in [-0.39, 0.29) is 17.5 Å². The van der Waals surface area contributed by atoms with E-state index >= 15 is 0 Å². The molecule has 1 N–H and O–H groups in total. The number of aromatic nitrogens is 4. The quantitative estimate of drug-likeness (QED) is 0.600. The van der Waals surface area contributed by atoms with E-state index in [2.05, 4.69) is 30.9 Å². The third-order valence-corrected chi connectivity index (χ3v) is 6.83. The molecule has 31 heavy (non-hydrogen) atoms. The maximum absolute atomic E-state index is 14.6. The molecule has 2 fully saturated rings. The van der Waals surface area contributed by atoms with Crippen molar-refractivity contribution in [2.45, 2.75) is 44.6 Å². The van der Waals surface area contributed by atoms with Gasteiger partial charge < -0.3 is 10.2 Å². The highest BCUT2D eigenvalue weighted by Crippen LogP contribution is 2.43. The van der Waals surface area contributed by atoms with E-state index in [0.717, 1.165) is 35.9 Å². The van der Waals surface area contributed by atoms with Crippen LogP contribution in [0.4, 0.5) is 20.5 Å². The minimum Gasteiger partial charge on any atom is -0.362 e. The topological polar surface area (TPSA) is 90.6 Å². The predicted molar refractivity (Wildman–Crippen MR) is 114 cm³/mol. The third-order valence-electron chi connectivity index (χ3n) is 5.91. The van der Waals surface area contributed by atoms with E-state index in [1.807, 2.05) is 11.8 Å². The molecule has 2 aliphatic rings. The normalized spacial score (nSPS) is 19.5. The second-order valence-corrected chi connectivity index (χ2v) is 9.07. The highest BCUT2D eigenvalue weighted by Gasteiger charge is 2.31. The van der Waals surface area contributed by atoms with Crippen molar-refractivity contribution >= 4 is 34.2 Å². The molecule has 2 atom stereocenters. The summed E-state index contributed by atoms with van der Waals surface area (Å²) < 4.78 is 32.8. The summed E-state index contributed by atoms with van der Waals surface area (Å²) in [5.41, 5.74) is 1.08. The molecule has 1 saturated carbocycles. The van der Waals surface area contributed by atoms with Gasteiger partial charge in [0, 0.05) is 36.9 Å². The van der Waals surface area contributed by atoms with E-state index in [4.69, 9.17) is 5.26 Å². The molecule has 1 aromatic carbocycles. The van der Waals surface area contributed by atoms with Gasteiger partial charge in [0.2, 0.25) is 5.95 Å². The number of benzene rings is 1.